The number of anilines is 2. The van der Waals surface area contributed by atoms with Gasteiger partial charge in [0.1, 0.15) is 11.6 Å². The van der Waals surface area contributed by atoms with Crippen LogP contribution in [0.15, 0.2) is 18.2 Å². The molecule has 8 nitrogen and oxygen atoms in total. The minimum absolute atomic E-state index is 0.0568. The second kappa shape index (κ2) is 6.31. The number of hydrogen-bond donors (Lipinski definition) is 2. The second-order valence-electron chi connectivity index (χ2n) is 5.81. The minimum Gasteiger partial charge on any atom is -0.495 e. The molecule has 1 atom stereocenters. The number of hydrogen-bond acceptors (Lipinski definition) is 5. The van der Waals surface area contributed by atoms with Crippen LogP contribution in [0.2, 0.25) is 0 Å². The van der Waals surface area contributed by atoms with Crippen molar-refractivity contribution < 1.29 is 14.3 Å². The van der Waals surface area contributed by atoms with E-state index in [1.165, 1.54) is 0 Å². The molecule has 1 unspecified atom stereocenters. The first-order valence-electron chi connectivity index (χ1n) is 7.63. The highest BCUT2D eigenvalue weighted by Gasteiger charge is 2.30. The largest absolute Gasteiger partial charge is 0.495 e. The van der Waals surface area contributed by atoms with Gasteiger partial charge in [-0.25, -0.2) is 4.68 Å². The van der Waals surface area contributed by atoms with Crippen molar-refractivity contribution in [2.24, 2.45) is 5.92 Å². The van der Waals surface area contributed by atoms with Crippen LogP contribution in [-0.4, -0.2) is 33.7 Å². The zero-order chi connectivity index (χ0) is 17.3. The Hall–Kier alpha value is -2.90. The molecule has 0 radical (unpaired) electrons. The van der Waals surface area contributed by atoms with Gasteiger partial charge < -0.3 is 10.1 Å². The van der Waals surface area contributed by atoms with Crippen LogP contribution in [0.25, 0.3) is 0 Å². The zero-order valence-electron chi connectivity index (χ0n) is 13.8. The van der Waals surface area contributed by atoms with Crippen LogP contribution in [0.3, 0.4) is 0 Å². The fraction of sp³-hybridized carbons (Fsp3) is 0.375. The number of nitrogens with zero attached hydrogens (tertiary/aromatic N) is 3. The molecule has 3 rings (SSSR count). The van der Waals surface area contributed by atoms with Gasteiger partial charge in [0.05, 0.1) is 25.3 Å². The van der Waals surface area contributed by atoms with Crippen molar-refractivity contribution in [3.05, 3.63) is 29.6 Å². The lowest BCUT2D eigenvalue weighted by Crippen LogP contribution is -2.36. The van der Waals surface area contributed by atoms with Gasteiger partial charge in [0, 0.05) is 6.42 Å². The third kappa shape index (κ3) is 3.22. The number of benzene rings is 1. The predicted octanol–water partition coefficient (Wildman–Crippen LogP) is 1.50. The highest BCUT2D eigenvalue weighted by Crippen LogP contribution is 2.26. The first-order chi connectivity index (χ1) is 11.5. The number of amides is 2. The molecule has 0 saturated carbocycles. The summed E-state index contributed by atoms with van der Waals surface area (Å²) in [7, 11) is 1.55. The van der Waals surface area contributed by atoms with Crippen molar-refractivity contribution in [3.63, 3.8) is 0 Å². The Morgan fingerprint density at radius 3 is 3.00 bits per heavy atom. The smallest absolute Gasteiger partial charge is 0.232 e. The van der Waals surface area contributed by atoms with Crippen LogP contribution in [0.5, 0.6) is 5.75 Å². The van der Waals surface area contributed by atoms with Gasteiger partial charge in [-0.15, -0.1) is 0 Å². The highest BCUT2D eigenvalue weighted by molar-refractivity contribution is 5.98. The second-order valence-corrected chi connectivity index (χ2v) is 5.81. The topological polar surface area (TPSA) is 98.1 Å². The van der Waals surface area contributed by atoms with E-state index in [1.54, 1.807) is 24.8 Å². The third-order valence-corrected chi connectivity index (χ3v) is 3.84. The van der Waals surface area contributed by atoms with Crippen molar-refractivity contribution in [1.82, 2.24) is 14.8 Å². The van der Waals surface area contributed by atoms with Crippen LogP contribution in [0, 0.1) is 19.8 Å². The molecule has 0 aliphatic carbocycles. The van der Waals surface area contributed by atoms with Crippen LogP contribution in [-0.2, 0) is 16.1 Å². The molecule has 0 spiro atoms. The molecule has 1 aliphatic rings. The molecule has 2 aromatic rings. The van der Waals surface area contributed by atoms with E-state index in [9.17, 15) is 9.59 Å². The first kappa shape index (κ1) is 16.0. The lowest BCUT2D eigenvalue weighted by molar-refractivity contribution is -0.126. The zero-order valence-corrected chi connectivity index (χ0v) is 13.8. The number of carbonyl (C=O) groups is 2. The number of ether oxygens (including phenoxy) is 1. The molecule has 1 aromatic heterocycles. The highest BCUT2D eigenvalue weighted by atomic mass is 16.5. The predicted molar refractivity (Wildman–Crippen MR) is 87.9 cm³/mol. The van der Waals surface area contributed by atoms with Gasteiger partial charge in [-0.3, -0.25) is 14.9 Å². The number of fused-ring (bicyclic) bond motifs is 1. The Labute approximate surface area is 139 Å². The van der Waals surface area contributed by atoms with Crippen LogP contribution >= 0.6 is 0 Å². The van der Waals surface area contributed by atoms with E-state index in [0.29, 0.717) is 29.8 Å². The lowest BCUT2D eigenvalue weighted by atomic mass is 10.0. The Morgan fingerprint density at radius 2 is 2.25 bits per heavy atom. The van der Waals surface area contributed by atoms with E-state index in [1.807, 2.05) is 19.1 Å². The molecule has 126 valence electrons. The number of carbonyl (C=O) groups excluding carboxylic acids is 2. The van der Waals surface area contributed by atoms with E-state index < -0.39 is 5.92 Å². The van der Waals surface area contributed by atoms with Crippen molar-refractivity contribution in [3.8, 4) is 5.75 Å². The quantitative estimate of drug-likeness (QED) is 0.886. The van der Waals surface area contributed by atoms with Crippen molar-refractivity contribution in [2.75, 3.05) is 17.7 Å². The van der Waals surface area contributed by atoms with Crippen LogP contribution < -0.4 is 15.4 Å². The van der Waals surface area contributed by atoms with E-state index in [-0.39, 0.29) is 18.2 Å². The van der Waals surface area contributed by atoms with E-state index in [4.69, 9.17) is 4.74 Å². The molecule has 1 aliphatic heterocycles. The van der Waals surface area contributed by atoms with E-state index in [2.05, 4.69) is 20.7 Å². The third-order valence-electron chi connectivity index (χ3n) is 3.84. The summed E-state index contributed by atoms with van der Waals surface area (Å²) in [5.41, 5.74) is 1.60. The summed E-state index contributed by atoms with van der Waals surface area (Å²) < 4.78 is 6.86. The summed E-state index contributed by atoms with van der Waals surface area (Å²) in [5, 5.41) is 9.69. The maximum atomic E-state index is 12.3. The van der Waals surface area contributed by atoms with Gasteiger partial charge in [-0.05, 0) is 31.5 Å². The first-order valence-corrected chi connectivity index (χ1v) is 7.63. The van der Waals surface area contributed by atoms with Gasteiger partial charge in [0.25, 0.3) is 0 Å². The SMILES string of the molecule is COc1ccc(C)cc1NC(=O)CC1Cn2nc(C)nc2NC1=O. The molecular formula is C16H19N5O3. The Morgan fingerprint density at radius 1 is 1.46 bits per heavy atom. The Bertz CT molecular complexity index is 799. The maximum Gasteiger partial charge on any atom is 0.232 e. The number of methoxy groups -OCH3 is 1. The van der Waals surface area contributed by atoms with Gasteiger partial charge in [-0.1, -0.05) is 6.07 Å². The molecule has 1 aromatic carbocycles. The molecule has 0 fully saturated rings. The fourth-order valence-electron chi connectivity index (χ4n) is 2.68. The molecule has 2 amide bonds. The summed E-state index contributed by atoms with van der Waals surface area (Å²) in [5.74, 6) is 0.626. The summed E-state index contributed by atoms with van der Waals surface area (Å²) >= 11 is 0. The van der Waals surface area contributed by atoms with Crippen molar-refractivity contribution in [1.29, 1.82) is 0 Å². The molecule has 0 saturated heterocycles. The lowest BCUT2D eigenvalue weighted by Gasteiger charge is -2.22. The van der Waals surface area contributed by atoms with E-state index in [0.717, 1.165) is 5.56 Å². The average Bonchev–Trinajstić information content (AvgIpc) is 2.87. The molecular weight excluding hydrogens is 310 g/mol. The molecule has 2 heterocycles. The molecule has 0 bridgehead atoms. The monoisotopic (exact) mass is 329 g/mol. The minimum atomic E-state index is -0.491. The van der Waals surface area contributed by atoms with Crippen LogP contribution in [0.1, 0.15) is 17.8 Å². The van der Waals surface area contributed by atoms with Gasteiger partial charge in [-0.2, -0.15) is 10.1 Å². The fourth-order valence-corrected chi connectivity index (χ4v) is 2.68. The maximum absolute atomic E-state index is 12.3. The van der Waals surface area contributed by atoms with Gasteiger partial charge >= 0.3 is 0 Å². The van der Waals surface area contributed by atoms with Crippen LogP contribution in [0.4, 0.5) is 11.6 Å². The average molecular weight is 329 g/mol. The number of aryl methyl sites for hydroxylation is 2. The Balaban J connectivity index is 1.69. The van der Waals surface area contributed by atoms with Crippen molar-refractivity contribution in [2.45, 2.75) is 26.8 Å². The van der Waals surface area contributed by atoms with Crippen molar-refractivity contribution >= 4 is 23.5 Å². The summed E-state index contributed by atoms with van der Waals surface area (Å²) in [4.78, 5) is 28.6. The summed E-state index contributed by atoms with van der Waals surface area (Å²) in [6, 6.07) is 5.52. The van der Waals surface area contributed by atoms with E-state index >= 15 is 0 Å². The normalized spacial score (nSPS) is 16.3. The number of rotatable bonds is 4. The standard InChI is InChI=1S/C16H19N5O3/c1-9-4-5-13(24-3)12(6-9)18-14(22)7-11-8-21-16(19-15(11)23)17-10(2)20-21/h4-6,11H,7-8H2,1-3H3,(H,18,22)(H,17,19,20,23). The summed E-state index contributed by atoms with van der Waals surface area (Å²) in [6.45, 7) is 4.02. The number of nitrogens with one attached hydrogen (secondary N) is 2. The molecule has 24 heavy (non-hydrogen) atoms. The van der Waals surface area contributed by atoms with Gasteiger partial charge in [0.15, 0.2) is 0 Å². The number of aromatic nitrogens is 3. The summed E-state index contributed by atoms with van der Waals surface area (Å²) in [6.07, 6.45) is 0.0568. The Kier molecular flexibility index (Phi) is 4.20. The molecule has 8 heteroatoms. The van der Waals surface area contributed by atoms with Gasteiger partial charge in [0.2, 0.25) is 17.8 Å². The molecule has 2 N–H and O–H groups in total.